The summed E-state index contributed by atoms with van der Waals surface area (Å²) in [5.74, 6) is 0.0301. The van der Waals surface area contributed by atoms with Crippen molar-refractivity contribution in [3.05, 3.63) is 132 Å². The molecule has 7 rings (SSSR count). The second-order valence-electron chi connectivity index (χ2n) is 10.5. The SMILES string of the molecule is CC(=O)/C(C)=C(/C)O.Cc1c(-c2nc3ccccc3c3c2c2ccccc2n3-c2ccccc2)[c-]cc2ccccc12.[Ir]. The molecule has 215 valence electrons. The van der Waals surface area contributed by atoms with Crippen LogP contribution in [0.5, 0.6) is 0 Å². The molecule has 0 unspecified atom stereocenters. The molecule has 1 N–H and O–H groups in total. The summed E-state index contributed by atoms with van der Waals surface area (Å²) in [7, 11) is 0. The number of allylic oxidation sites excluding steroid dienone is 2. The normalized spacial score (nSPS) is 11.6. The first-order valence-electron chi connectivity index (χ1n) is 14.0. The maximum atomic E-state index is 10.4. The number of rotatable bonds is 3. The molecule has 0 saturated heterocycles. The molecule has 0 bridgehead atoms. The van der Waals surface area contributed by atoms with Gasteiger partial charge in [-0.25, -0.2) is 0 Å². The van der Waals surface area contributed by atoms with E-state index in [1.807, 2.05) is 0 Å². The molecule has 4 nitrogen and oxygen atoms in total. The Morgan fingerprint density at radius 2 is 1.37 bits per heavy atom. The van der Waals surface area contributed by atoms with Gasteiger partial charge in [0.25, 0.3) is 0 Å². The van der Waals surface area contributed by atoms with Crippen LogP contribution in [0, 0.1) is 13.0 Å². The number of aryl methyl sites for hydroxylation is 1. The van der Waals surface area contributed by atoms with Crippen LogP contribution in [-0.4, -0.2) is 20.4 Å². The van der Waals surface area contributed by atoms with Gasteiger partial charge >= 0.3 is 0 Å². The summed E-state index contributed by atoms with van der Waals surface area (Å²) in [6.45, 7) is 6.71. The Bertz CT molecular complexity index is 2160. The van der Waals surface area contributed by atoms with E-state index in [9.17, 15) is 4.79 Å². The van der Waals surface area contributed by atoms with Crippen molar-refractivity contribution in [2.45, 2.75) is 27.7 Å². The van der Waals surface area contributed by atoms with Crippen molar-refractivity contribution in [3.63, 3.8) is 0 Å². The van der Waals surface area contributed by atoms with Crippen molar-refractivity contribution in [2.75, 3.05) is 0 Å². The summed E-state index contributed by atoms with van der Waals surface area (Å²) in [5.41, 5.74) is 8.20. The van der Waals surface area contributed by atoms with Crippen molar-refractivity contribution >= 4 is 49.3 Å². The van der Waals surface area contributed by atoms with E-state index in [2.05, 4.69) is 127 Å². The number of aliphatic hydroxyl groups excluding tert-OH is 1. The maximum Gasteiger partial charge on any atom is 0.158 e. The average Bonchev–Trinajstić information content (AvgIpc) is 3.37. The third-order valence-corrected chi connectivity index (χ3v) is 7.94. The molecular weight excluding hydrogens is 709 g/mol. The molecule has 0 spiro atoms. The van der Waals surface area contributed by atoms with E-state index in [0.717, 1.165) is 27.8 Å². The zero-order chi connectivity index (χ0) is 29.4. The fourth-order valence-corrected chi connectivity index (χ4v) is 5.57. The number of aliphatic hydroxyl groups is 1. The molecule has 1 radical (unpaired) electrons. The minimum absolute atomic E-state index is 0. The van der Waals surface area contributed by atoms with Crippen molar-refractivity contribution < 1.29 is 30.0 Å². The van der Waals surface area contributed by atoms with Crippen LogP contribution in [0.3, 0.4) is 0 Å². The van der Waals surface area contributed by atoms with Crippen molar-refractivity contribution in [2.24, 2.45) is 0 Å². The van der Waals surface area contributed by atoms with Gasteiger partial charge in [-0.15, -0.1) is 23.3 Å². The number of fused-ring (bicyclic) bond motifs is 6. The fourth-order valence-electron chi connectivity index (χ4n) is 5.57. The van der Waals surface area contributed by atoms with Gasteiger partial charge in [0.2, 0.25) is 0 Å². The Morgan fingerprint density at radius 3 is 2.05 bits per heavy atom. The number of nitrogens with zero attached hydrogens (tertiary/aromatic N) is 2. The summed E-state index contributed by atoms with van der Waals surface area (Å²) in [6.07, 6.45) is 0. The van der Waals surface area contributed by atoms with Gasteiger partial charge in [-0.3, -0.25) is 9.78 Å². The molecule has 43 heavy (non-hydrogen) atoms. The Morgan fingerprint density at radius 1 is 0.767 bits per heavy atom. The predicted molar refractivity (Wildman–Crippen MR) is 174 cm³/mol. The van der Waals surface area contributed by atoms with E-state index in [1.165, 1.54) is 52.0 Å². The average molecular weight is 740 g/mol. The van der Waals surface area contributed by atoms with Gasteiger partial charge in [-0.1, -0.05) is 96.6 Å². The first-order valence-corrected chi connectivity index (χ1v) is 14.0. The summed E-state index contributed by atoms with van der Waals surface area (Å²) in [6, 6.07) is 41.9. The van der Waals surface area contributed by atoms with Crippen molar-refractivity contribution in [1.82, 2.24) is 9.55 Å². The number of pyridine rings is 1. The molecule has 0 fully saturated rings. The summed E-state index contributed by atoms with van der Waals surface area (Å²) in [5, 5.41) is 14.6. The Hall–Kier alpha value is -4.57. The van der Waals surface area contributed by atoms with Crippen LogP contribution in [-0.2, 0) is 24.9 Å². The zero-order valence-corrected chi connectivity index (χ0v) is 26.9. The second kappa shape index (κ2) is 12.3. The first-order chi connectivity index (χ1) is 20.4. The maximum absolute atomic E-state index is 10.4. The zero-order valence-electron chi connectivity index (χ0n) is 24.5. The largest absolute Gasteiger partial charge is 0.512 e. The fraction of sp³-hybridized carbons (Fsp3) is 0.105. The quantitative estimate of drug-likeness (QED) is 0.112. The first kappa shape index (κ1) is 29.9. The topological polar surface area (TPSA) is 55.1 Å². The minimum atomic E-state index is -0.0787. The molecule has 2 heterocycles. The van der Waals surface area contributed by atoms with Crippen molar-refractivity contribution in [1.29, 1.82) is 0 Å². The van der Waals surface area contributed by atoms with Crippen LogP contribution >= 0.6 is 0 Å². The number of ketones is 1. The predicted octanol–water partition coefficient (Wildman–Crippen LogP) is 9.69. The molecule has 0 amide bonds. The molecule has 0 aliphatic carbocycles. The Kier molecular flexibility index (Phi) is 8.59. The van der Waals surface area contributed by atoms with Crippen LogP contribution in [0.4, 0.5) is 0 Å². The van der Waals surface area contributed by atoms with Crippen LogP contribution in [0.2, 0.25) is 0 Å². The summed E-state index contributed by atoms with van der Waals surface area (Å²) >= 11 is 0. The van der Waals surface area contributed by atoms with Crippen LogP contribution in [0.25, 0.3) is 60.4 Å². The van der Waals surface area contributed by atoms with Crippen LogP contribution < -0.4 is 0 Å². The monoisotopic (exact) mass is 740 g/mol. The third kappa shape index (κ3) is 5.38. The van der Waals surface area contributed by atoms with Gasteiger partial charge < -0.3 is 9.67 Å². The Labute approximate surface area is 264 Å². The number of Topliss-reactive ketones (excluding diaryl/α,β-unsaturated/α-hetero) is 1. The number of benzene rings is 5. The van der Waals surface area contributed by atoms with Gasteiger partial charge in [0.1, 0.15) is 0 Å². The molecule has 2 aromatic heterocycles. The summed E-state index contributed by atoms with van der Waals surface area (Å²) in [4.78, 5) is 15.6. The smallest absolute Gasteiger partial charge is 0.158 e. The van der Waals surface area contributed by atoms with Gasteiger partial charge in [0.05, 0.1) is 22.3 Å². The molecule has 0 atom stereocenters. The number of hydrogen-bond donors (Lipinski definition) is 1. The third-order valence-electron chi connectivity index (χ3n) is 7.94. The van der Waals surface area contributed by atoms with E-state index >= 15 is 0 Å². The van der Waals surface area contributed by atoms with Crippen molar-refractivity contribution in [3.8, 4) is 16.9 Å². The number of aromatic nitrogens is 2. The standard InChI is InChI=1S/C32H21N2.C6H10O2.Ir/c1-21-24-14-6-5-11-22(24)19-20-25(21)31-30-27-16-8-10-18-29(27)34(23-12-3-2-4-13-23)32(30)26-15-7-9-17-28(26)33-31;1-4(5(2)7)6(3)8;/h2-19H,1H3;7H,1-3H3;/q-1;;/b;5-4-;. The van der Waals surface area contributed by atoms with Gasteiger partial charge in [0, 0.05) is 42.1 Å². The number of carbonyl (C=O) groups excluding carboxylic acids is 1. The van der Waals surface area contributed by atoms with E-state index in [1.54, 1.807) is 6.92 Å². The molecule has 0 saturated carbocycles. The van der Waals surface area contributed by atoms with Crippen LogP contribution in [0.15, 0.2) is 121 Å². The number of hydrogen-bond acceptors (Lipinski definition) is 3. The van der Waals surface area contributed by atoms with Crippen LogP contribution in [0.1, 0.15) is 26.3 Å². The molecular formula is C38H31IrN2O2-. The van der Waals surface area contributed by atoms with E-state index in [-0.39, 0.29) is 31.6 Å². The molecule has 0 aliphatic rings. The van der Waals surface area contributed by atoms with E-state index in [0.29, 0.717) is 5.57 Å². The van der Waals surface area contributed by atoms with E-state index in [4.69, 9.17) is 10.1 Å². The molecule has 5 heteroatoms. The van der Waals surface area contributed by atoms with Gasteiger partial charge in [-0.2, -0.15) is 0 Å². The van der Waals surface area contributed by atoms with E-state index < -0.39 is 0 Å². The second-order valence-corrected chi connectivity index (χ2v) is 10.5. The number of carbonyl (C=O) groups is 1. The molecule has 7 aromatic rings. The molecule has 0 aliphatic heterocycles. The summed E-state index contributed by atoms with van der Waals surface area (Å²) < 4.78 is 2.38. The minimum Gasteiger partial charge on any atom is -0.512 e. The number of para-hydroxylation sites is 3. The van der Waals surface area contributed by atoms with Gasteiger partial charge in [0.15, 0.2) is 5.78 Å². The molecule has 5 aromatic carbocycles. The Balaban J connectivity index is 0.000000364. The van der Waals surface area contributed by atoms with Gasteiger partial charge in [-0.05, 0) is 56.1 Å².